The fourth-order valence-corrected chi connectivity index (χ4v) is 1.66. The van der Waals surface area contributed by atoms with Crippen LogP contribution in [0.4, 0.5) is 0 Å². The number of Topliss-reactive ketones (excluding diaryl/α,β-unsaturated/α-hetero) is 1. The number of hydrogen-bond acceptors (Lipinski definition) is 2. The van der Waals surface area contributed by atoms with E-state index < -0.39 is 11.4 Å². The van der Waals surface area contributed by atoms with E-state index in [2.05, 4.69) is 0 Å². The molecule has 3 heteroatoms. The van der Waals surface area contributed by atoms with Gasteiger partial charge in [0.25, 0.3) is 0 Å². The van der Waals surface area contributed by atoms with Gasteiger partial charge in [0.1, 0.15) is 5.41 Å². The van der Waals surface area contributed by atoms with Crippen molar-refractivity contribution in [2.24, 2.45) is 11.3 Å². The van der Waals surface area contributed by atoms with Gasteiger partial charge in [0.2, 0.25) is 0 Å². The molecule has 14 heavy (non-hydrogen) atoms. The van der Waals surface area contributed by atoms with E-state index in [1.165, 1.54) is 0 Å². The zero-order valence-corrected chi connectivity index (χ0v) is 9.46. The minimum Gasteiger partial charge on any atom is -0.480 e. The Hall–Kier alpha value is -0.860. The van der Waals surface area contributed by atoms with Gasteiger partial charge in [-0.25, -0.2) is 0 Å². The lowest BCUT2D eigenvalue weighted by Gasteiger charge is -2.27. The summed E-state index contributed by atoms with van der Waals surface area (Å²) >= 11 is 0. The predicted molar refractivity (Wildman–Crippen MR) is 55.1 cm³/mol. The van der Waals surface area contributed by atoms with Crippen molar-refractivity contribution >= 4 is 11.8 Å². The highest BCUT2D eigenvalue weighted by Gasteiger charge is 2.43. The summed E-state index contributed by atoms with van der Waals surface area (Å²) in [6.07, 6.45) is 1.46. The van der Waals surface area contributed by atoms with E-state index in [4.69, 9.17) is 5.11 Å². The highest BCUT2D eigenvalue weighted by Crippen LogP contribution is 2.31. The number of carbonyl (C=O) groups excluding carboxylic acids is 1. The van der Waals surface area contributed by atoms with E-state index in [1.54, 1.807) is 20.8 Å². The molecule has 1 atom stereocenters. The van der Waals surface area contributed by atoms with Crippen LogP contribution in [-0.4, -0.2) is 16.9 Å². The minimum absolute atomic E-state index is 0.127. The molecule has 82 valence electrons. The van der Waals surface area contributed by atoms with E-state index in [0.29, 0.717) is 19.3 Å². The molecule has 0 aromatic carbocycles. The largest absolute Gasteiger partial charge is 0.480 e. The van der Waals surface area contributed by atoms with Crippen LogP contribution in [0.25, 0.3) is 0 Å². The Labute approximate surface area is 85.5 Å². The maximum atomic E-state index is 11.9. The molecule has 0 spiro atoms. The van der Waals surface area contributed by atoms with Crippen LogP contribution in [0.3, 0.4) is 0 Å². The molecule has 0 radical (unpaired) electrons. The lowest BCUT2D eigenvalue weighted by atomic mass is 9.73. The molecule has 0 saturated heterocycles. The van der Waals surface area contributed by atoms with Crippen LogP contribution in [0.5, 0.6) is 0 Å². The first-order valence-corrected chi connectivity index (χ1v) is 5.23. The maximum absolute atomic E-state index is 11.9. The predicted octanol–water partition coefficient (Wildman–Crippen LogP) is 2.49. The number of rotatable bonds is 6. The Balaban J connectivity index is 4.99. The monoisotopic (exact) mass is 200 g/mol. The van der Waals surface area contributed by atoms with Crippen LogP contribution in [-0.2, 0) is 9.59 Å². The lowest BCUT2D eigenvalue weighted by molar-refractivity contribution is -0.157. The summed E-state index contributed by atoms with van der Waals surface area (Å²) in [6, 6.07) is 0. The van der Waals surface area contributed by atoms with Gasteiger partial charge in [-0.2, -0.15) is 0 Å². The lowest BCUT2D eigenvalue weighted by Crippen LogP contribution is -2.41. The van der Waals surface area contributed by atoms with Gasteiger partial charge in [-0.3, -0.25) is 9.59 Å². The molecule has 0 heterocycles. The first-order chi connectivity index (χ1) is 6.46. The summed E-state index contributed by atoms with van der Waals surface area (Å²) in [7, 11) is 0. The van der Waals surface area contributed by atoms with Crippen LogP contribution in [0.15, 0.2) is 0 Å². The second-order valence-corrected chi connectivity index (χ2v) is 3.77. The Kier molecular flexibility index (Phi) is 4.81. The summed E-state index contributed by atoms with van der Waals surface area (Å²) in [4.78, 5) is 23.0. The van der Waals surface area contributed by atoms with Crippen molar-refractivity contribution in [3.63, 3.8) is 0 Å². The molecule has 0 rings (SSSR count). The molecule has 1 N–H and O–H groups in total. The van der Waals surface area contributed by atoms with Crippen molar-refractivity contribution in [3.8, 4) is 0 Å². The Morgan fingerprint density at radius 3 is 1.86 bits per heavy atom. The number of carbonyl (C=O) groups is 2. The molecular formula is C11H20O3. The SMILES string of the molecule is CCC(C)C(=O)C(CC)(CC)C(=O)O. The van der Waals surface area contributed by atoms with Crippen LogP contribution >= 0.6 is 0 Å². The molecule has 0 amide bonds. The highest BCUT2D eigenvalue weighted by molar-refractivity contribution is 6.03. The van der Waals surface area contributed by atoms with Crippen LogP contribution in [0.2, 0.25) is 0 Å². The van der Waals surface area contributed by atoms with Gasteiger partial charge >= 0.3 is 5.97 Å². The quantitative estimate of drug-likeness (QED) is 0.670. The van der Waals surface area contributed by atoms with Gasteiger partial charge in [0.05, 0.1) is 0 Å². The Morgan fingerprint density at radius 2 is 1.64 bits per heavy atom. The fourth-order valence-electron chi connectivity index (χ4n) is 1.66. The zero-order chi connectivity index (χ0) is 11.4. The molecule has 0 aromatic heterocycles. The molecule has 3 nitrogen and oxygen atoms in total. The Morgan fingerprint density at radius 1 is 1.21 bits per heavy atom. The van der Waals surface area contributed by atoms with Crippen molar-refractivity contribution in [1.29, 1.82) is 0 Å². The van der Waals surface area contributed by atoms with E-state index >= 15 is 0 Å². The van der Waals surface area contributed by atoms with Crippen molar-refractivity contribution < 1.29 is 14.7 Å². The van der Waals surface area contributed by atoms with Crippen molar-refractivity contribution in [2.75, 3.05) is 0 Å². The average Bonchev–Trinajstić information content (AvgIpc) is 2.18. The standard InChI is InChI=1S/C11H20O3/c1-5-8(4)9(12)11(6-2,7-3)10(13)14/h8H,5-7H2,1-4H3,(H,13,14). The van der Waals surface area contributed by atoms with Gasteiger partial charge in [-0.15, -0.1) is 0 Å². The number of ketones is 1. The van der Waals surface area contributed by atoms with E-state index in [-0.39, 0.29) is 11.7 Å². The van der Waals surface area contributed by atoms with E-state index in [9.17, 15) is 9.59 Å². The molecule has 1 unspecified atom stereocenters. The van der Waals surface area contributed by atoms with E-state index in [1.807, 2.05) is 6.92 Å². The van der Waals surface area contributed by atoms with Crippen molar-refractivity contribution in [2.45, 2.75) is 47.0 Å². The number of hydrogen-bond donors (Lipinski definition) is 1. The zero-order valence-electron chi connectivity index (χ0n) is 9.46. The smallest absolute Gasteiger partial charge is 0.317 e. The van der Waals surface area contributed by atoms with Gasteiger partial charge in [-0.05, 0) is 19.3 Å². The van der Waals surface area contributed by atoms with E-state index in [0.717, 1.165) is 0 Å². The summed E-state index contributed by atoms with van der Waals surface area (Å²) in [5.74, 6) is -1.27. The highest BCUT2D eigenvalue weighted by atomic mass is 16.4. The normalized spacial score (nSPS) is 13.7. The molecule has 0 aliphatic carbocycles. The third kappa shape index (κ3) is 2.14. The van der Waals surface area contributed by atoms with Gasteiger partial charge in [0, 0.05) is 5.92 Å². The topological polar surface area (TPSA) is 54.4 Å². The molecule has 0 aliphatic heterocycles. The van der Waals surface area contributed by atoms with Crippen LogP contribution in [0.1, 0.15) is 47.0 Å². The third-order valence-corrected chi connectivity index (χ3v) is 3.15. The van der Waals surface area contributed by atoms with Gasteiger partial charge in [-0.1, -0.05) is 27.7 Å². The number of aliphatic carboxylic acids is 1. The van der Waals surface area contributed by atoms with Crippen molar-refractivity contribution in [1.82, 2.24) is 0 Å². The molecule has 0 fully saturated rings. The molecular weight excluding hydrogens is 180 g/mol. The Bertz CT molecular complexity index is 217. The second kappa shape index (κ2) is 5.13. The van der Waals surface area contributed by atoms with Gasteiger partial charge in [0.15, 0.2) is 5.78 Å². The number of carboxylic acid groups (broad SMARTS) is 1. The third-order valence-electron chi connectivity index (χ3n) is 3.15. The summed E-state index contributed by atoms with van der Waals surface area (Å²) < 4.78 is 0. The minimum atomic E-state index is -1.16. The average molecular weight is 200 g/mol. The fraction of sp³-hybridized carbons (Fsp3) is 0.818. The first-order valence-electron chi connectivity index (χ1n) is 5.23. The van der Waals surface area contributed by atoms with Crippen LogP contribution in [0, 0.1) is 11.3 Å². The summed E-state index contributed by atoms with van der Waals surface area (Å²) in [5, 5.41) is 9.12. The summed E-state index contributed by atoms with van der Waals surface area (Å²) in [6.45, 7) is 7.22. The van der Waals surface area contributed by atoms with Crippen LogP contribution < -0.4 is 0 Å². The summed E-state index contributed by atoms with van der Waals surface area (Å²) in [5.41, 5.74) is -1.16. The first kappa shape index (κ1) is 13.1. The van der Waals surface area contributed by atoms with Crippen molar-refractivity contribution in [3.05, 3.63) is 0 Å². The molecule has 0 bridgehead atoms. The number of carboxylic acids is 1. The molecule has 0 aliphatic rings. The molecule has 0 saturated carbocycles. The second-order valence-electron chi connectivity index (χ2n) is 3.77. The maximum Gasteiger partial charge on any atom is 0.317 e. The van der Waals surface area contributed by atoms with Gasteiger partial charge < -0.3 is 5.11 Å². The molecule has 0 aromatic rings.